The number of carbonyl (C=O) groups excluding carboxylic acids is 1. The second-order valence-corrected chi connectivity index (χ2v) is 2.96. The number of nitrogens with zero attached hydrogens (tertiary/aromatic N) is 2. The van der Waals surface area contributed by atoms with Gasteiger partial charge in [0.2, 0.25) is 5.91 Å². The summed E-state index contributed by atoms with van der Waals surface area (Å²) in [5, 5.41) is 10.8. The first-order chi connectivity index (χ1) is 7.22. The van der Waals surface area contributed by atoms with Crippen LogP contribution in [-0.4, -0.2) is 17.0 Å². The summed E-state index contributed by atoms with van der Waals surface area (Å²) in [6.45, 7) is 0.515. The molecule has 1 N–H and O–H groups in total. The van der Waals surface area contributed by atoms with E-state index in [4.69, 9.17) is 5.26 Å². The average molecular weight is 205 g/mol. The van der Waals surface area contributed by atoms with Crippen LogP contribution in [0.15, 0.2) is 29.3 Å². The first-order valence-electron chi connectivity index (χ1n) is 4.52. The van der Waals surface area contributed by atoms with Crippen molar-refractivity contribution in [1.82, 2.24) is 9.88 Å². The Morgan fingerprint density at radius 1 is 1.47 bits per heavy atom. The fourth-order valence-corrected chi connectivity index (χ4v) is 1.03. The molecule has 1 aromatic rings. The molecule has 5 heteroatoms. The quantitative estimate of drug-likeness (QED) is 0.696. The summed E-state index contributed by atoms with van der Waals surface area (Å²) < 4.78 is 1.60. The smallest absolute Gasteiger partial charge is 0.239 e. The van der Waals surface area contributed by atoms with E-state index in [1.807, 2.05) is 6.07 Å². The Balaban J connectivity index is 2.42. The van der Waals surface area contributed by atoms with Crippen molar-refractivity contribution in [1.29, 1.82) is 5.26 Å². The summed E-state index contributed by atoms with van der Waals surface area (Å²) in [6.07, 6.45) is 3.40. The minimum atomic E-state index is -0.172. The molecule has 0 saturated carbocycles. The van der Waals surface area contributed by atoms with Gasteiger partial charge in [-0.25, -0.2) is 0 Å². The van der Waals surface area contributed by atoms with Crippen molar-refractivity contribution < 1.29 is 4.79 Å². The van der Waals surface area contributed by atoms with E-state index >= 15 is 0 Å². The molecule has 0 aliphatic rings. The Bertz CT molecular complexity index is 411. The summed E-state index contributed by atoms with van der Waals surface area (Å²) in [7, 11) is 0. The van der Waals surface area contributed by atoms with Crippen molar-refractivity contribution in [2.45, 2.75) is 13.0 Å². The molecule has 0 aliphatic carbocycles. The third kappa shape index (κ3) is 4.09. The highest BCUT2D eigenvalue weighted by molar-refractivity contribution is 5.75. The van der Waals surface area contributed by atoms with E-state index in [2.05, 4.69) is 5.32 Å². The van der Waals surface area contributed by atoms with Gasteiger partial charge < -0.3 is 9.88 Å². The van der Waals surface area contributed by atoms with E-state index in [1.165, 1.54) is 12.1 Å². The summed E-state index contributed by atoms with van der Waals surface area (Å²) >= 11 is 0. The van der Waals surface area contributed by atoms with Gasteiger partial charge in [-0.3, -0.25) is 9.59 Å². The van der Waals surface area contributed by atoms with Gasteiger partial charge in [-0.1, -0.05) is 0 Å². The Labute approximate surface area is 87.0 Å². The number of pyridine rings is 1. The lowest BCUT2D eigenvalue weighted by molar-refractivity contribution is -0.121. The fourth-order valence-electron chi connectivity index (χ4n) is 1.03. The average Bonchev–Trinajstić information content (AvgIpc) is 2.22. The normalized spacial score (nSPS) is 9.27. The molecular weight excluding hydrogens is 194 g/mol. The molecule has 1 amide bonds. The molecule has 0 aromatic carbocycles. The molecule has 0 bridgehead atoms. The zero-order chi connectivity index (χ0) is 11.1. The van der Waals surface area contributed by atoms with Crippen molar-refractivity contribution in [3.63, 3.8) is 0 Å². The molecule has 0 saturated heterocycles. The van der Waals surface area contributed by atoms with Crippen LogP contribution in [0, 0.1) is 11.3 Å². The van der Waals surface area contributed by atoms with E-state index in [0.29, 0.717) is 13.0 Å². The van der Waals surface area contributed by atoms with Crippen LogP contribution in [0.1, 0.15) is 6.42 Å². The third-order valence-electron chi connectivity index (χ3n) is 1.75. The second-order valence-electron chi connectivity index (χ2n) is 2.96. The van der Waals surface area contributed by atoms with Gasteiger partial charge in [0.15, 0.2) is 5.43 Å². The summed E-state index contributed by atoms with van der Waals surface area (Å²) in [6, 6.07) is 4.71. The first kappa shape index (κ1) is 11.0. The van der Waals surface area contributed by atoms with Gasteiger partial charge in [0.1, 0.15) is 6.54 Å². The topological polar surface area (TPSA) is 74.9 Å². The lowest BCUT2D eigenvalue weighted by Crippen LogP contribution is -2.28. The molecule has 15 heavy (non-hydrogen) atoms. The molecule has 0 radical (unpaired) electrons. The van der Waals surface area contributed by atoms with Gasteiger partial charge in [0.05, 0.1) is 12.5 Å². The maximum Gasteiger partial charge on any atom is 0.239 e. The molecule has 1 rings (SSSR count). The molecule has 0 atom stereocenters. The molecule has 0 spiro atoms. The van der Waals surface area contributed by atoms with Gasteiger partial charge in [-0.2, -0.15) is 5.26 Å². The second kappa shape index (κ2) is 5.60. The van der Waals surface area contributed by atoms with Gasteiger partial charge >= 0.3 is 0 Å². The number of nitriles is 1. The molecular formula is C10H11N3O2. The monoisotopic (exact) mass is 205 g/mol. The van der Waals surface area contributed by atoms with Crippen LogP contribution in [0.2, 0.25) is 0 Å². The van der Waals surface area contributed by atoms with E-state index < -0.39 is 0 Å². The van der Waals surface area contributed by atoms with Crippen LogP contribution in [0.3, 0.4) is 0 Å². The first-order valence-corrected chi connectivity index (χ1v) is 4.52. The number of hydrogen-bond acceptors (Lipinski definition) is 3. The van der Waals surface area contributed by atoms with E-state index in [9.17, 15) is 9.59 Å². The highest BCUT2D eigenvalue weighted by Crippen LogP contribution is 1.84. The van der Waals surface area contributed by atoms with E-state index in [0.717, 1.165) is 0 Å². The van der Waals surface area contributed by atoms with Crippen LogP contribution in [0.25, 0.3) is 0 Å². The van der Waals surface area contributed by atoms with Crippen LogP contribution in [-0.2, 0) is 11.3 Å². The molecule has 0 fully saturated rings. The van der Waals surface area contributed by atoms with E-state index in [1.54, 1.807) is 17.0 Å². The number of rotatable bonds is 4. The number of amides is 1. The zero-order valence-corrected chi connectivity index (χ0v) is 8.14. The number of hydrogen-bond donors (Lipinski definition) is 1. The highest BCUT2D eigenvalue weighted by Gasteiger charge is 1.99. The van der Waals surface area contributed by atoms with Gasteiger partial charge in [0, 0.05) is 31.1 Å². The molecule has 5 nitrogen and oxygen atoms in total. The molecule has 0 aliphatic heterocycles. The van der Waals surface area contributed by atoms with Gasteiger partial charge in [0.25, 0.3) is 0 Å². The van der Waals surface area contributed by atoms with Crippen LogP contribution in [0.5, 0.6) is 0 Å². The lowest BCUT2D eigenvalue weighted by atomic mass is 10.4. The van der Waals surface area contributed by atoms with Crippen LogP contribution >= 0.6 is 0 Å². The lowest BCUT2D eigenvalue weighted by Gasteiger charge is -2.05. The Kier molecular flexibility index (Phi) is 4.10. The largest absolute Gasteiger partial charge is 0.354 e. The highest BCUT2D eigenvalue weighted by atomic mass is 16.2. The predicted molar refractivity (Wildman–Crippen MR) is 53.9 cm³/mol. The van der Waals surface area contributed by atoms with Crippen molar-refractivity contribution in [2.24, 2.45) is 0 Å². The van der Waals surface area contributed by atoms with Crippen LogP contribution in [0.4, 0.5) is 0 Å². The summed E-state index contributed by atoms with van der Waals surface area (Å²) in [5.41, 5.74) is -0.0869. The minimum absolute atomic E-state index is 0.0869. The van der Waals surface area contributed by atoms with Crippen molar-refractivity contribution in [3.05, 3.63) is 34.7 Å². The van der Waals surface area contributed by atoms with Crippen molar-refractivity contribution >= 4 is 5.91 Å². The molecule has 1 heterocycles. The summed E-state index contributed by atoms with van der Waals surface area (Å²) in [4.78, 5) is 22.0. The van der Waals surface area contributed by atoms with Crippen molar-refractivity contribution in [3.8, 4) is 6.07 Å². The predicted octanol–water partition coefficient (Wildman–Crippen LogP) is -0.122. The van der Waals surface area contributed by atoms with Crippen molar-refractivity contribution in [2.75, 3.05) is 6.54 Å². The Hall–Kier alpha value is -2.09. The number of aromatic nitrogens is 1. The Morgan fingerprint density at radius 3 is 2.73 bits per heavy atom. The molecule has 1 aromatic heterocycles. The molecule has 0 unspecified atom stereocenters. The van der Waals surface area contributed by atoms with Gasteiger partial charge in [-0.15, -0.1) is 0 Å². The van der Waals surface area contributed by atoms with Crippen LogP contribution < -0.4 is 10.7 Å². The standard InChI is InChI=1S/C10H11N3O2/c11-4-1-5-12-10(15)8-13-6-2-9(14)3-7-13/h2-3,6-7H,1,5,8H2,(H,12,15). The minimum Gasteiger partial charge on any atom is -0.354 e. The summed E-state index contributed by atoms with van der Waals surface area (Å²) in [5.74, 6) is -0.172. The number of carbonyl (C=O) groups is 1. The maximum absolute atomic E-state index is 11.3. The fraction of sp³-hybridized carbons (Fsp3) is 0.300. The Morgan fingerprint density at radius 2 is 2.13 bits per heavy atom. The maximum atomic E-state index is 11.3. The van der Waals surface area contributed by atoms with Gasteiger partial charge in [-0.05, 0) is 0 Å². The zero-order valence-electron chi connectivity index (χ0n) is 8.14. The number of nitrogens with one attached hydrogen (secondary N) is 1. The van der Waals surface area contributed by atoms with E-state index in [-0.39, 0.29) is 17.9 Å². The molecule has 78 valence electrons. The third-order valence-corrected chi connectivity index (χ3v) is 1.75. The SMILES string of the molecule is N#CCCNC(=O)Cn1ccc(=O)cc1.